The molecule has 1 aliphatic heterocycles. The minimum absolute atomic E-state index is 0.110. The highest BCUT2D eigenvalue weighted by Gasteiger charge is 2.35. The Bertz CT molecular complexity index is 1050. The maximum Gasteiger partial charge on any atom is 0.227 e. The van der Waals surface area contributed by atoms with Gasteiger partial charge in [0, 0.05) is 30.3 Å². The molecule has 0 aliphatic carbocycles. The second-order valence-corrected chi connectivity index (χ2v) is 7.01. The van der Waals surface area contributed by atoms with Crippen LogP contribution in [0.1, 0.15) is 12.1 Å². The van der Waals surface area contributed by atoms with Gasteiger partial charge in [-0.3, -0.25) is 9.59 Å². The average Bonchev–Trinajstić information content (AvgIpc) is 3.40. The Balaban J connectivity index is 1.34. The predicted molar refractivity (Wildman–Crippen MR) is 107 cm³/mol. The van der Waals surface area contributed by atoms with E-state index in [4.69, 9.17) is 9.26 Å². The van der Waals surface area contributed by atoms with Crippen LogP contribution in [0, 0.1) is 11.7 Å². The van der Waals surface area contributed by atoms with Crippen molar-refractivity contribution >= 4 is 17.5 Å². The average molecular weight is 409 g/mol. The highest BCUT2D eigenvalue weighted by Crippen LogP contribution is 2.26. The summed E-state index contributed by atoms with van der Waals surface area (Å²) < 4.78 is 23.6. The summed E-state index contributed by atoms with van der Waals surface area (Å²) in [4.78, 5) is 26.3. The first-order valence-electron chi connectivity index (χ1n) is 9.47. The van der Waals surface area contributed by atoms with Crippen LogP contribution < -0.4 is 15.0 Å². The fourth-order valence-corrected chi connectivity index (χ4v) is 3.36. The fourth-order valence-electron chi connectivity index (χ4n) is 3.36. The Morgan fingerprint density at radius 2 is 1.97 bits per heavy atom. The summed E-state index contributed by atoms with van der Waals surface area (Å²) in [6, 6.07) is 14.8. The third kappa shape index (κ3) is 4.17. The van der Waals surface area contributed by atoms with E-state index in [1.54, 1.807) is 13.2 Å². The van der Waals surface area contributed by atoms with E-state index in [-0.39, 0.29) is 37.1 Å². The lowest BCUT2D eigenvalue weighted by Gasteiger charge is -2.16. The lowest BCUT2D eigenvalue weighted by molar-refractivity contribution is -0.126. The maximum absolute atomic E-state index is 13.1. The monoisotopic (exact) mass is 409 g/mol. The van der Waals surface area contributed by atoms with E-state index in [0.717, 1.165) is 11.3 Å². The summed E-state index contributed by atoms with van der Waals surface area (Å²) in [5.74, 6) is 0.0794. The van der Waals surface area contributed by atoms with Crippen LogP contribution in [0.2, 0.25) is 0 Å². The molecular formula is C22H20FN3O4. The first-order valence-corrected chi connectivity index (χ1v) is 9.47. The molecule has 0 radical (unpaired) electrons. The maximum atomic E-state index is 13.1. The van der Waals surface area contributed by atoms with Crippen molar-refractivity contribution in [3.63, 3.8) is 0 Å². The Morgan fingerprint density at radius 3 is 2.67 bits per heavy atom. The Morgan fingerprint density at radius 1 is 1.23 bits per heavy atom. The number of ether oxygens (including phenoxy) is 1. The molecule has 8 heteroatoms. The van der Waals surface area contributed by atoms with Crippen LogP contribution in [0.25, 0.3) is 11.3 Å². The first kappa shape index (κ1) is 19.6. The topological polar surface area (TPSA) is 84.7 Å². The van der Waals surface area contributed by atoms with Gasteiger partial charge in [-0.2, -0.15) is 0 Å². The van der Waals surface area contributed by atoms with Crippen LogP contribution in [0.5, 0.6) is 5.75 Å². The predicted octanol–water partition coefficient (Wildman–Crippen LogP) is 3.16. The summed E-state index contributed by atoms with van der Waals surface area (Å²) in [5, 5.41) is 6.79. The van der Waals surface area contributed by atoms with E-state index in [0.29, 0.717) is 17.1 Å². The summed E-state index contributed by atoms with van der Waals surface area (Å²) >= 11 is 0. The molecule has 2 amide bonds. The first-order chi connectivity index (χ1) is 14.5. The third-order valence-electron chi connectivity index (χ3n) is 5.01. The minimum Gasteiger partial charge on any atom is -0.497 e. The smallest absolute Gasteiger partial charge is 0.227 e. The van der Waals surface area contributed by atoms with Gasteiger partial charge in [0.2, 0.25) is 11.8 Å². The molecule has 3 aromatic rings. The molecular weight excluding hydrogens is 389 g/mol. The van der Waals surface area contributed by atoms with E-state index in [9.17, 15) is 14.0 Å². The van der Waals surface area contributed by atoms with Gasteiger partial charge in [0.1, 0.15) is 17.3 Å². The molecule has 0 bridgehead atoms. The second-order valence-electron chi connectivity index (χ2n) is 7.01. The highest BCUT2D eigenvalue weighted by atomic mass is 19.1. The van der Waals surface area contributed by atoms with Crippen molar-refractivity contribution in [3.05, 3.63) is 66.1 Å². The molecule has 154 valence electrons. The van der Waals surface area contributed by atoms with E-state index in [1.165, 1.54) is 29.2 Å². The highest BCUT2D eigenvalue weighted by molar-refractivity contribution is 6.00. The molecule has 30 heavy (non-hydrogen) atoms. The molecule has 1 fully saturated rings. The number of aromatic nitrogens is 1. The van der Waals surface area contributed by atoms with Crippen molar-refractivity contribution in [2.75, 3.05) is 18.6 Å². The van der Waals surface area contributed by atoms with Gasteiger partial charge >= 0.3 is 0 Å². The standard InChI is InChI=1S/C22H20FN3O4/c1-29-19-8-2-14(3-9-19)20-11-17(25-30-20)12-24-22(28)15-10-21(27)26(13-15)18-6-4-16(23)5-7-18/h2-9,11,15H,10,12-13H2,1H3,(H,24,28)/t15-/m0/s1. The molecule has 0 saturated carbocycles. The second kappa shape index (κ2) is 8.36. The van der Waals surface area contributed by atoms with Crippen molar-refractivity contribution in [1.82, 2.24) is 10.5 Å². The van der Waals surface area contributed by atoms with Crippen LogP contribution in [-0.2, 0) is 16.1 Å². The quantitative estimate of drug-likeness (QED) is 0.676. The van der Waals surface area contributed by atoms with Gasteiger partial charge in [-0.15, -0.1) is 0 Å². The largest absolute Gasteiger partial charge is 0.497 e. The van der Waals surface area contributed by atoms with Crippen molar-refractivity contribution in [2.45, 2.75) is 13.0 Å². The number of methoxy groups -OCH3 is 1. The number of hydrogen-bond donors (Lipinski definition) is 1. The molecule has 1 N–H and O–H groups in total. The van der Waals surface area contributed by atoms with Crippen LogP contribution in [0.15, 0.2) is 59.1 Å². The van der Waals surface area contributed by atoms with E-state index < -0.39 is 5.92 Å². The number of halogens is 1. The van der Waals surface area contributed by atoms with E-state index in [2.05, 4.69) is 10.5 Å². The number of carbonyl (C=O) groups is 2. The van der Waals surface area contributed by atoms with Gasteiger partial charge in [-0.25, -0.2) is 4.39 Å². The van der Waals surface area contributed by atoms with Crippen molar-refractivity contribution in [3.8, 4) is 17.1 Å². The Hall–Kier alpha value is -3.68. The number of rotatable bonds is 6. The number of benzene rings is 2. The molecule has 1 aliphatic rings. The Labute approximate surface area is 172 Å². The molecule has 4 rings (SSSR count). The van der Waals surface area contributed by atoms with Gasteiger partial charge in [0.25, 0.3) is 0 Å². The van der Waals surface area contributed by atoms with Crippen molar-refractivity contribution in [1.29, 1.82) is 0 Å². The van der Waals surface area contributed by atoms with Crippen LogP contribution in [-0.4, -0.2) is 30.6 Å². The van der Waals surface area contributed by atoms with Crippen molar-refractivity contribution < 1.29 is 23.2 Å². The number of nitrogens with one attached hydrogen (secondary N) is 1. The minimum atomic E-state index is -0.476. The number of nitrogens with zero attached hydrogens (tertiary/aromatic N) is 2. The number of hydrogen-bond acceptors (Lipinski definition) is 5. The van der Waals surface area contributed by atoms with Gasteiger partial charge in [0.05, 0.1) is 19.6 Å². The Kier molecular flexibility index (Phi) is 5.47. The molecule has 2 heterocycles. The molecule has 2 aromatic carbocycles. The lowest BCUT2D eigenvalue weighted by Crippen LogP contribution is -2.32. The molecule has 0 spiro atoms. The van der Waals surface area contributed by atoms with Crippen molar-refractivity contribution in [2.24, 2.45) is 5.92 Å². The zero-order valence-corrected chi connectivity index (χ0v) is 16.3. The van der Waals surface area contributed by atoms with E-state index in [1.807, 2.05) is 24.3 Å². The molecule has 0 unspecified atom stereocenters. The molecule has 1 saturated heterocycles. The number of amides is 2. The fraction of sp³-hybridized carbons (Fsp3) is 0.227. The summed E-state index contributed by atoms with van der Waals surface area (Å²) in [6.07, 6.45) is 0.110. The van der Waals surface area contributed by atoms with Crippen LogP contribution in [0.3, 0.4) is 0 Å². The molecule has 7 nitrogen and oxygen atoms in total. The summed E-state index contributed by atoms with van der Waals surface area (Å²) in [5.41, 5.74) is 2.00. The zero-order valence-electron chi connectivity index (χ0n) is 16.3. The SMILES string of the molecule is COc1ccc(-c2cc(CNC(=O)[C@H]3CC(=O)N(c4ccc(F)cc4)C3)no2)cc1. The zero-order chi connectivity index (χ0) is 21.1. The van der Waals surface area contributed by atoms with Gasteiger partial charge in [-0.05, 0) is 48.5 Å². The number of carbonyl (C=O) groups excluding carboxylic acids is 2. The number of anilines is 1. The third-order valence-corrected chi connectivity index (χ3v) is 5.01. The van der Waals surface area contributed by atoms with E-state index >= 15 is 0 Å². The summed E-state index contributed by atoms with van der Waals surface area (Å²) in [7, 11) is 1.60. The van der Waals surface area contributed by atoms with Gasteiger partial charge < -0.3 is 19.5 Å². The summed E-state index contributed by atoms with van der Waals surface area (Å²) in [6.45, 7) is 0.450. The van der Waals surface area contributed by atoms with Gasteiger partial charge in [0.15, 0.2) is 5.76 Å². The van der Waals surface area contributed by atoms with Crippen LogP contribution >= 0.6 is 0 Å². The van der Waals surface area contributed by atoms with Crippen LogP contribution in [0.4, 0.5) is 10.1 Å². The lowest BCUT2D eigenvalue weighted by atomic mass is 10.1. The van der Waals surface area contributed by atoms with Gasteiger partial charge in [-0.1, -0.05) is 5.16 Å². The normalized spacial score (nSPS) is 16.0. The molecule has 1 aromatic heterocycles. The molecule has 1 atom stereocenters.